The van der Waals surface area contributed by atoms with E-state index in [0.717, 1.165) is 13.0 Å². The van der Waals surface area contributed by atoms with E-state index in [0.29, 0.717) is 12.1 Å². The number of rotatable bonds is 6. The van der Waals surface area contributed by atoms with Crippen LogP contribution in [0, 0.1) is 0 Å². The Kier molecular flexibility index (Phi) is 5.22. The highest BCUT2D eigenvalue weighted by atomic mass is 32.1. The molecule has 0 aliphatic carbocycles. The van der Waals surface area contributed by atoms with Gasteiger partial charge in [-0.05, 0) is 25.5 Å². The molecule has 2 N–H and O–H groups in total. The average Bonchev–Trinajstić information content (AvgIpc) is 2.71. The molecular weight excluding hydrogens is 222 g/mol. The van der Waals surface area contributed by atoms with Crippen molar-refractivity contribution in [1.29, 1.82) is 0 Å². The van der Waals surface area contributed by atoms with Gasteiger partial charge in [0.25, 0.3) is 0 Å². The highest BCUT2D eigenvalue weighted by Gasteiger charge is 1.99. The van der Waals surface area contributed by atoms with Gasteiger partial charge in [0.15, 0.2) is 0 Å². The number of aryl methyl sites for hydroxylation is 1. The molecule has 0 fully saturated rings. The number of carboxylic acids is 1. The van der Waals surface area contributed by atoms with Gasteiger partial charge in [-0.3, -0.25) is 0 Å². The number of carbonyl (C=O) groups is 1. The zero-order valence-corrected chi connectivity index (χ0v) is 10.4. The molecule has 0 aromatic carbocycles. The van der Waals surface area contributed by atoms with Crippen molar-refractivity contribution in [1.82, 2.24) is 5.32 Å². The van der Waals surface area contributed by atoms with Crippen molar-refractivity contribution in [3.8, 4) is 0 Å². The number of hydrogen-bond acceptors (Lipinski definition) is 3. The Hall–Kier alpha value is -1.13. The van der Waals surface area contributed by atoms with Crippen LogP contribution >= 0.6 is 11.3 Å². The van der Waals surface area contributed by atoms with E-state index in [1.165, 1.54) is 9.75 Å². The molecular formula is C12H17NO2S. The molecule has 16 heavy (non-hydrogen) atoms. The fourth-order valence-electron chi connectivity index (χ4n) is 1.22. The molecule has 0 bridgehead atoms. The molecule has 3 nitrogen and oxygen atoms in total. The summed E-state index contributed by atoms with van der Waals surface area (Å²) in [5.74, 6) is -0.855. The highest BCUT2D eigenvalue weighted by molar-refractivity contribution is 7.11. The third kappa shape index (κ3) is 4.16. The lowest BCUT2D eigenvalue weighted by molar-refractivity contribution is -0.132. The fraction of sp³-hybridized carbons (Fsp3) is 0.417. The molecule has 0 unspecified atom stereocenters. The summed E-state index contributed by atoms with van der Waals surface area (Å²) in [7, 11) is 0. The SMILES string of the molecule is CCc1ccc(CNC/C=C(/C)C(=O)O)s1. The van der Waals surface area contributed by atoms with Crippen molar-refractivity contribution in [2.75, 3.05) is 6.54 Å². The Morgan fingerprint density at radius 1 is 1.50 bits per heavy atom. The second-order valence-corrected chi connectivity index (χ2v) is 4.80. The average molecular weight is 239 g/mol. The maximum Gasteiger partial charge on any atom is 0.330 e. The summed E-state index contributed by atoms with van der Waals surface area (Å²) in [5, 5.41) is 11.8. The molecule has 0 spiro atoms. The van der Waals surface area contributed by atoms with E-state index in [9.17, 15) is 4.79 Å². The van der Waals surface area contributed by atoms with Crippen molar-refractivity contribution in [2.45, 2.75) is 26.8 Å². The van der Waals surface area contributed by atoms with E-state index in [1.54, 1.807) is 24.3 Å². The van der Waals surface area contributed by atoms with Crippen LogP contribution in [0.5, 0.6) is 0 Å². The van der Waals surface area contributed by atoms with E-state index < -0.39 is 5.97 Å². The molecule has 1 aromatic heterocycles. The van der Waals surface area contributed by atoms with Gasteiger partial charge in [0.2, 0.25) is 0 Å². The Balaban J connectivity index is 2.30. The van der Waals surface area contributed by atoms with E-state index in [2.05, 4.69) is 24.4 Å². The lowest BCUT2D eigenvalue weighted by atomic mass is 10.3. The number of nitrogens with one attached hydrogen (secondary N) is 1. The van der Waals surface area contributed by atoms with Crippen LogP contribution in [0.15, 0.2) is 23.8 Å². The van der Waals surface area contributed by atoms with Gasteiger partial charge in [-0.2, -0.15) is 0 Å². The van der Waals surface area contributed by atoms with Crippen molar-refractivity contribution < 1.29 is 9.90 Å². The maximum absolute atomic E-state index is 10.5. The fourth-order valence-corrected chi connectivity index (χ4v) is 2.14. The lowest BCUT2D eigenvalue weighted by Gasteiger charge is -1.99. The lowest BCUT2D eigenvalue weighted by Crippen LogP contribution is -2.13. The first kappa shape index (κ1) is 12.9. The monoisotopic (exact) mass is 239 g/mol. The highest BCUT2D eigenvalue weighted by Crippen LogP contribution is 2.16. The van der Waals surface area contributed by atoms with Gasteiger partial charge in [-0.25, -0.2) is 4.79 Å². The molecule has 0 saturated carbocycles. The second-order valence-electron chi connectivity index (χ2n) is 3.54. The summed E-state index contributed by atoms with van der Waals surface area (Å²) in [4.78, 5) is 13.2. The van der Waals surface area contributed by atoms with Crippen LogP contribution in [-0.2, 0) is 17.8 Å². The van der Waals surface area contributed by atoms with Crippen LogP contribution in [0.1, 0.15) is 23.6 Å². The molecule has 1 rings (SSSR count). The minimum atomic E-state index is -0.855. The molecule has 0 radical (unpaired) electrons. The first-order chi connectivity index (χ1) is 7.63. The Bertz CT molecular complexity index is 382. The molecule has 1 aromatic rings. The minimum Gasteiger partial charge on any atom is -0.478 e. The molecule has 4 heteroatoms. The molecule has 1 heterocycles. The first-order valence-corrected chi connectivity index (χ1v) is 6.13. The Labute approximate surface area is 99.8 Å². The molecule has 0 aliphatic rings. The van der Waals surface area contributed by atoms with Gasteiger partial charge in [0.1, 0.15) is 0 Å². The van der Waals surface area contributed by atoms with Crippen molar-refractivity contribution >= 4 is 17.3 Å². The second kappa shape index (κ2) is 6.45. The predicted octanol–water partition coefficient (Wildman–Crippen LogP) is 2.43. The van der Waals surface area contributed by atoms with Crippen molar-refractivity contribution in [2.24, 2.45) is 0 Å². The molecule has 0 amide bonds. The first-order valence-electron chi connectivity index (χ1n) is 5.31. The summed E-state index contributed by atoms with van der Waals surface area (Å²) in [5.41, 5.74) is 0.382. The van der Waals surface area contributed by atoms with Gasteiger partial charge in [-0.1, -0.05) is 13.0 Å². The molecule has 0 aliphatic heterocycles. The quantitative estimate of drug-likeness (QED) is 0.592. The topological polar surface area (TPSA) is 49.3 Å². The predicted molar refractivity (Wildman–Crippen MR) is 66.8 cm³/mol. The van der Waals surface area contributed by atoms with Crippen molar-refractivity contribution in [3.63, 3.8) is 0 Å². The van der Waals surface area contributed by atoms with Gasteiger partial charge in [0.05, 0.1) is 0 Å². The van der Waals surface area contributed by atoms with Gasteiger partial charge in [-0.15, -0.1) is 11.3 Å². The van der Waals surface area contributed by atoms with E-state index >= 15 is 0 Å². The Morgan fingerprint density at radius 3 is 2.75 bits per heavy atom. The van der Waals surface area contributed by atoms with E-state index in [4.69, 9.17) is 5.11 Å². The normalized spacial score (nSPS) is 11.8. The Morgan fingerprint density at radius 2 is 2.19 bits per heavy atom. The molecule has 0 atom stereocenters. The van der Waals surface area contributed by atoms with Gasteiger partial charge in [0, 0.05) is 28.4 Å². The van der Waals surface area contributed by atoms with Crippen molar-refractivity contribution in [3.05, 3.63) is 33.5 Å². The maximum atomic E-state index is 10.5. The standard InChI is InChI=1S/C12H17NO2S/c1-3-10-4-5-11(16-10)8-13-7-6-9(2)12(14)15/h4-6,13H,3,7-8H2,1-2H3,(H,14,15)/b9-6-. The minimum absolute atomic E-state index is 0.382. The van der Waals surface area contributed by atoms with Crippen LogP contribution in [-0.4, -0.2) is 17.6 Å². The van der Waals surface area contributed by atoms with Crippen LogP contribution < -0.4 is 5.32 Å². The summed E-state index contributed by atoms with van der Waals surface area (Å²) in [6, 6.07) is 4.25. The van der Waals surface area contributed by atoms with Gasteiger partial charge < -0.3 is 10.4 Å². The van der Waals surface area contributed by atoms with E-state index in [-0.39, 0.29) is 0 Å². The van der Waals surface area contributed by atoms with Crippen LogP contribution in [0.25, 0.3) is 0 Å². The number of aliphatic carboxylic acids is 1. The third-order valence-electron chi connectivity index (χ3n) is 2.25. The van der Waals surface area contributed by atoms with Crippen LogP contribution in [0.2, 0.25) is 0 Å². The summed E-state index contributed by atoms with van der Waals surface area (Å²) < 4.78 is 0. The van der Waals surface area contributed by atoms with E-state index in [1.807, 2.05) is 0 Å². The largest absolute Gasteiger partial charge is 0.478 e. The smallest absolute Gasteiger partial charge is 0.330 e. The third-order valence-corrected chi connectivity index (χ3v) is 3.48. The number of hydrogen-bond donors (Lipinski definition) is 2. The summed E-state index contributed by atoms with van der Waals surface area (Å²) >= 11 is 1.80. The summed E-state index contributed by atoms with van der Waals surface area (Å²) in [6.45, 7) is 5.14. The van der Waals surface area contributed by atoms with Crippen LogP contribution in [0.3, 0.4) is 0 Å². The zero-order valence-electron chi connectivity index (χ0n) is 9.62. The molecule has 0 saturated heterocycles. The number of carboxylic acid groups (broad SMARTS) is 1. The van der Waals surface area contributed by atoms with Gasteiger partial charge >= 0.3 is 5.97 Å². The zero-order chi connectivity index (χ0) is 12.0. The number of thiophene rings is 1. The molecule has 88 valence electrons. The van der Waals surface area contributed by atoms with Crippen LogP contribution in [0.4, 0.5) is 0 Å². The summed E-state index contributed by atoms with van der Waals surface area (Å²) in [6.07, 6.45) is 2.76.